The third kappa shape index (κ3) is 7.07. The fourth-order valence-electron chi connectivity index (χ4n) is 4.59. The highest BCUT2D eigenvalue weighted by Crippen LogP contribution is 2.44. The van der Waals surface area contributed by atoms with Crippen LogP contribution in [0.3, 0.4) is 0 Å². The standard InChI is InChI=1S/C28H36N2O5/c1-4-20(16-26(31)29-19(3)11-9-10-18(2)27(32)33)30-28(34)35-17-25-23-14-7-5-12-21(23)22-13-6-8-15-24(22)25/h5-8,12-15,18-20,25H,4,9-11,16-17H2,1-3H3,(H,29,31)(H,30,34)(H,32,33). The smallest absolute Gasteiger partial charge is 0.407 e. The molecule has 0 aliphatic heterocycles. The van der Waals surface area contributed by atoms with E-state index in [4.69, 9.17) is 9.84 Å². The first-order chi connectivity index (χ1) is 16.8. The minimum atomic E-state index is -0.799. The number of aliphatic carboxylic acids is 1. The molecule has 7 heteroatoms. The van der Waals surface area contributed by atoms with Crippen molar-refractivity contribution in [2.45, 2.75) is 70.9 Å². The molecule has 3 atom stereocenters. The number of nitrogens with one attached hydrogen (secondary N) is 2. The van der Waals surface area contributed by atoms with Crippen LogP contribution in [0.5, 0.6) is 0 Å². The van der Waals surface area contributed by atoms with Gasteiger partial charge in [-0.25, -0.2) is 4.79 Å². The zero-order valence-corrected chi connectivity index (χ0v) is 20.8. The fourth-order valence-corrected chi connectivity index (χ4v) is 4.59. The molecule has 3 N–H and O–H groups in total. The number of alkyl carbamates (subject to hydrolysis) is 1. The van der Waals surface area contributed by atoms with E-state index in [1.807, 2.05) is 38.1 Å². The van der Waals surface area contributed by atoms with Gasteiger partial charge in [-0.1, -0.05) is 68.8 Å². The Balaban J connectivity index is 1.45. The maximum absolute atomic E-state index is 12.5. The minimum absolute atomic E-state index is 0.0128. The summed E-state index contributed by atoms with van der Waals surface area (Å²) in [5.41, 5.74) is 4.65. The predicted octanol–water partition coefficient (Wildman–Crippen LogP) is 5.09. The maximum atomic E-state index is 12.5. The summed E-state index contributed by atoms with van der Waals surface area (Å²) in [7, 11) is 0. The number of carboxylic acid groups (broad SMARTS) is 1. The largest absolute Gasteiger partial charge is 0.481 e. The third-order valence-corrected chi connectivity index (χ3v) is 6.69. The number of amides is 2. The van der Waals surface area contributed by atoms with Crippen LogP contribution in [0, 0.1) is 5.92 Å². The maximum Gasteiger partial charge on any atom is 0.407 e. The first kappa shape index (κ1) is 26.3. The topological polar surface area (TPSA) is 105 Å². The van der Waals surface area contributed by atoms with Crippen LogP contribution >= 0.6 is 0 Å². The summed E-state index contributed by atoms with van der Waals surface area (Å²) in [6, 6.07) is 16.0. The van der Waals surface area contributed by atoms with Crippen molar-refractivity contribution in [3.8, 4) is 11.1 Å². The van der Waals surface area contributed by atoms with Crippen molar-refractivity contribution in [1.82, 2.24) is 10.6 Å². The summed E-state index contributed by atoms with van der Waals surface area (Å²) < 4.78 is 5.60. The van der Waals surface area contributed by atoms with Crippen LogP contribution in [0.15, 0.2) is 48.5 Å². The van der Waals surface area contributed by atoms with Crippen molar-refractivity contribution in [1.29, 1.82) is 0 Å². The lowest BCUT2D eigenvalue weighted by atomic mass is 9.98. The SMILES string of the molecule is CCC(CC(=O)NC(C)CCCC(C)C(=O)O)NC(=O)OCC1c2ccccc2-c2ccccc21. The molecule has 1 aliphatic rings. The molecule has 0 saturated heterocycles. The van der Waals surface area contributed by atoms with Crippen molar-refractivity contribution in [3.05, 3.63) is 59.7 Å². The van der Waals surface area contributed by atoms with Gasteiger partial charge in [0.2, 0.25) is 5.91 Å². The van der Waals surface area contributed by atoms with Gasteiger partial charge in [0.05, 0.1) is 5.92 Å². The number of ether oxygens (including phenoxy) is 1. The lowest BCUT2D eigenvalue weighted by Gasteiger charge is -2.20. The van der Waals surface area contributed by atoms with E-state index in [0.717, 1.165) is 17.5 Å². The van der Waals surface area contributed by atoms with Gasteiger partial charge in [0.25, 0.3) is 0 Å². The summed E-state index contributed by atoms with van der Waals surface area (Å²) in [6.07, 6.45) is 2.25. The van der Waals surface area contributed by atoms with Crippen LogP contribution in [0.1, 0.15) is 69.9 Å². The first-order valence-corrected chi connectivity index (χ1v) is 12.4. The Bertz CT molecular complexity index is 992. The molecule has 3 unspecified atom stereocenters. The molecule has 2 aromatic rings. The number of carbonyl (C=O) groups is 3. The van der Waals surface area contributed by atoms with Crippen LogP contribution in [-0.4, -0.2) is 41.8 Å². The van der Waals surface area contributed by atoms with Gasteiger partial charge in [-0.3, -0.25) is 9.59 Å². The molecule has 2 amide bonds. The Labute approximate surface area is 207 Å². The minimum Gasteiger partial charge on any atom is -0.481 e. The van der Waals surface area contributed by atoms with Crippen LogP contribution in [-0.2, 0) is 14.3 Å². The van der Waals surface area contributed by atoms with Crippen molar-refractivity contribution in [2.75, 3.05) is 6.61 Å². The number of hydrogen-bond acceptors (Lipinski definition) is 4. The Morgan fingerprint density at radius 3 is 2.11 bits per heavy atom. The van der Waals surface area contributed by atoms with Gasteiger partial charge >= 0.3 is 12.1 Å². The Morgan fingerprint density at radius 2 is 1.54 bits per heavy atom. The molecular formula is C28H36N2O5. The van der Waals surface area contributed by atoms with E-state index in [-0.39, 0.29) is 42.9 Å². The molecule has 3 rings (SSSR count). The van der Waals surface area contributed by atoms with Crippen LogP contribution in [0.2, 0.25) is 0 Å². The number of hydrogen-bond donors (Lipinski definition) is 3. The lowest BCUT2D eigenvalue weighted by Crippen LogP contribution is -2.41. The van der Waals surface area contributed by atoms with Gasteiger partial charge in [0.1, 0.15) is 6.61 Å². The van der Waals surface area contributed by atoms with E-state index in [9.17, 15) is 14.4 Å². The zero-order valence-electron chi connectivity index (χ0n) is 20.8. The molecule has 0 heterocycles. The quantitative estimate of drug-likeness (QED) is 0.392. The summed E-state index contributed by atoms with van der Waals surface area (Å²) in [6.45, 7) is 5.74. The monoisotopic (exact) mass is 480 g/mol. The predicted molar refractivity (Wildman–Crippen MR) is 135 cm³/mol. The summed E-state index contributed by atoms with van der Waals surface area (Å²) in [5.74, 6) is -1.34. The molecule has 0 bridgehead atoms. The number of carboxylic acids is 1. The number of rotatable bonds is 12. The zero-order chi connectivity index (χ0) is 25.4. The first-order valence-electron chi connectivity index (χ1n) is 12.4. The van der Waals surface area contributed by atoms with E-state index in [1.54, 1.807) is 6.92 Å². The van der Waals surface area contributed by atoms with Gasteiger partial charge < -0.3 is 20.5 Å². The molecule has 35 heavy (non-hydrogen) atoms. The fraction of sp³-hybridized carbons (Fsp3) is 0.464. The molecule has 0 aromatic heterocycles. The average molecular weight is 481 g/mol. The molecule has 0 saturated carbocycles. The van der Waals surface area contributed by atoms with Gasteiger partial charge in [-0.05, 0) is 48.4 Å². The van der Waals surface area contributed by atoms with Crippen LogP contribution < -0.4 is 10.6 Å². The van der Waals surface area contributed by atoms with Crippen LogP contribution in [0.25, 0.3) is 11.1 Å². The molecule has 0 radical (unpaired) electrons. The molecule has 0 fully saturated rings. The Morgan fingerprint density at radius 1 is 0.943 bits per heavy atom. The van der Waals surface area contributed by atoms with E-state index >= 15 is 0 Å². The third-order valence-electron chi connectivity index (χ3n) is 6.69. The second kappa shape index (κ2) is 12.4. The molecule has 188 valence electrons. The van der Waals surface area contributed by atoms with Crippen molar-refractivity contribution >= 4 is 18.0 Å². The summed E-state index contributed by atoms with van der Waals surface area (Å²) in [4.78, 5) is 35.9. The normalized spacial score (nSPS) is 14.8. The highest BCUT2D eigenvalue weighted by atomic mass is 16.5. The summed E-state index contributed by atoms with van der Waals surface area (Å²) >= 11 is 0. The summed E-state index contributed by atoms with van der Waals surface area (Å²) in [5, 5.41) is 14.7. The number of carbonyl (C=O) groups excluding carboxylic acids is 2. The van der Waals surface area contributed by atoms with E-state index in [2.05, 4.69) is 34.9 Å². The second-order valence-electron chi connectivity index (χ2n) is 9.42. The molecule has 7 nitrogen and oxygen atoms in total. The molecule has 0 spiro atoms. The second-order valence-corrected chi connectivity index (χ2v) is 9.42. The van der Waals surface area contributed by atoms with Crippen molar-refractivity contribution in [3.63, 3.8) is 0 Å². The average Bonchev–Trinajstić information content (AvgIpc) is 3.15. The Kier molecular flexibility index (Phi) is 9.29. The molecule has 1 aliphatic carbocycles. The van der Waals surface area contributed by atoms with E-state index in [0.29, 0.717) is 19.3 Å². The number of benzene rings is 2. The highest BCUT2D eigenvalue weighted by molar-refractivity contribution is 5.79. The lowest BCUT2D eigenvalue weighted by molar-refractivity contribution is -0.141. The van der Waals surface area contributed by atoms with Crippen molar-refractivity contribution < 1.29 is 24.2 Å². The molecular weight excluding hydrogens is 444 g/mol. The van der Waals surface area contributed by atoms with E-state index < -0.39 is 12.1 Å². The highest BCUT2D eigenvalue weighted by Gasteiger charge is 2.29. The van der Waals surface area contributed by atoms with Gasteiger partial charge in [0.15, 0.2) is 0 Å². The van der Waals surface area contributed by atoms with Crippen molar-refractivity contribution in [2.24, 2.45) is 5.92 Å². The van der Waals surface area contributed by atoms with Gasteiger partial charge in [-0.15, -0.1) is 0 Å². The van der Waals surface area contributed by atoms with Gasteiger partial charge in [0, 0.05) is 24.4 Å². The number of fused-ring (bicyclic) bond motifs is 3. The van der Waals surface area contributed by atoms with Gasteiger partial charge in [-0.2, -0.15) is 0 Å². The molecule has 2 aromatic carbocycles. The van der Waals surface area contributed by atoms with E-state index in [1.165, 1.54) is 11.1 Å². The Hall–Kier alpha value is -3.35. The van der Waals surface area contributed by atoms with Crippen LogP contribution in [0.4, 0.5) is 4.79 Å².